The number of carboxylic acids is 1. The van der Waals surface area contributed by atoms with Gasteiger partial charge in [0, 0.05) is 31.0 Å². The fourth-order valence-electron chi connectivity index (χ4n) is 1.81. The number of aromatic carboxylic acids is 1. The van der Waals surface area contributed by atoms with Crippen LogP contribution in [0.1, 0.15) is 16.1 Å². The lowest BCUT2D eigenvalue weighted by Crippen LogP contribution is -2.10. The third-order valence-corrected chi connectivity index (χ3v) is 2.81. The van der Waals surface area contributed by atoms with Gasteiger partial charge in [0.15, 0.2) is 0 Å². The number of nitrogens with zero attached hydrogens (tertiary/aromatic N) is 2. The lowest BCUT2D eigenvalue weighted by Gasteiger charge is -2.10. The average Bonchev–Trinajstić information content (AvgIpc) is 2.75. The Morgan fingerprint density at radius 1 is 1.47 bits per heavy atom. The molecule has 0 unspecified atom stereocenters. The van der Waals surface area contributed by atoms with Gasteiger partial charge in [0.1, 0.15) is 11.3 Å². The zero-order valence-corrected chi connectivity index (χ0v) is 10.5. The molecule has 0 aliphatic heterocycles. The molecule has 6 nitrogen and oxygen atoms in total. The maximum absolute atomic E-state index is 11.1. The van der Waals surface area contributed by atoms with Gasteiger partial charge >= 0.3 is 5.97 Å². The fourth-order valence-corrected chi connectivity index (χ4v) is 1.81. The van der Waals surface area contributed by atoms with Crippen LogP contribution in [0.4, 0.5) is 5.69 Å². The highest BCUT2D eigenvalue weighted by Crippen LogP contribution is 2.24. The number of rotatable bonds is 5. The number of aryl methyl sites for hydroxylation is 1. The summed E-state index contributed by atoms with van der Waals surface area (Å²) in [7, 11) is 1.85. The van der Waals surface area contributed by atoms with Crippen molar-refractivity contribution in [2.75, 3.05) is 12.3 Å². The van der Waals surface area contributed by atoms with Gasteiger partial charge in [-0.3, -0.25) is 4.68 Å². The fraction of sp³-hybridized carbons (Fsp3) is 0.231. The quantitative estimate of drug-likeness (QED) is 0.792. The van der Waals surface area contributed by atoms with Gasteiger partial charge < -0.3 is 15.6 Å². The summed E-state index contributed by atoms with van der Waals surface area (Å²) < 4.78 is 7.26. The molecule has 0 saturated carbocycles. The van der Waals surface area contributed by atoms with Crippen LogP contribution in [0.25, 0.3) is 0 Å². The van der Waals surface area contributed by atoms with E-state index in [1.807, 2.05) is 13.1 Å². The Balaban J connectivity index is 2.06. The van der Waals surface area contributed by atoms with Crippen molar-refractivity contribution in [2.24, 2.45) is 7.05 Å². The predicted molar refractivity (Wildman–Crippen MR) is 70.2 cm³/mol. The van der Waals surface area contributed by atoms with Crippen molar-refractivity contribution in [3.8, 4) is 5.75 Å². The summed E-state index contributed by atoms with van der Waals surface area (Å²) in [6.07, 6.45) is 2.35. The van der Waals surface area contributed by atoms with E-state index in [1.54, 1.807) is 23.0 Å². The van der Waals surface area contributed by atoms with Crippen molar-refractivity contribution in [3.05, 3.63) is 41.7 Å². The van der Waals surface area contributed by atoms with Crippen molar-refractivity contribution < 1.29 is 14.6 Å². The molecule has 1 heterocycles. The monoisotopic (exact) mass is 261 g/mol. The molecule has 3 N–H and O–H groups in total. The van der Waals surface area contributed by atoms with Gasteiger partial charge in [-0.15, -0.1) is 0 Å². The number of carboxylic acid groups (broad SMARTS) is 1. The molecule has 100 valence electrons. The second kappa shape index (κ2) is 5.43. The number of anilines is 1. The van der Waals surface area contributed by atoms with E-state index in [4.69, 9.17) is 15.6 Å². The minimum absolute atomic E-state index is 0.00695. The highest BCUT2D eigenvalue weighted by molar-refractivity contribution is 5.96. The van der Waals surface area contributed by atoms with E-state index in [2.05, 4.69) is 5.10 Å². The summed E-state index contributed by atoms with van der Waals surface area (Å²) in [5.41, 5.74) is 6.86. The molecule has 0 radical (unpaired) electrons. The predicted octanol–water partition coefficient (Wildman–Crippen LogP) is 1.32. The molecule has 1 aromatic heterocycles. The van der Waals surface area contributed by atoms with E-state index in [0.717, 1.165) is 5.69 Å². The van der Waals surface area contributed by atoms with Gasteiger partial charge in [0.2, 0.25) is 0 Å². The van der Waals surface area contributed by atoms with E-state index in [1.165, 1.54) is 6.07 Å². The molecule has 0 bridgehead atoms. The first-order valence-electron chi connectivity index (χ1n) is 5.81. The summed E-state index contributed by atoms with van der Waals surface area (Å²) in [5.74, 6) is -0.802. The van der Waals surface area contributed by atoms with Gasteiger partial charge in [-0.05, 0) is 18.2 Å². The Morgan fingerprint density at radius 3 is 2.89 bits per heavy atom. The minimum Gasteiger partial charge on any atom is -0.492 e. The lowest BCUT2D eigenvalue weighted by atomic mass is 10.1. The van der Waals surface area contributed by atoms with Crippen LogP contribution < -0.4 is 10.5 Å². The molecule has 0 aliphatic rings. The van der Waals surface area contributed by atoms with Gasteiger partial charge in [0.05, 0.1) is 6.61 Å². The molecule has 2 aromatic rings. The number of nitrogen functional groups attached to an aromatic ring is 1. The smallest absolute Gasteiger partial charge is 0.341 e. The largest absolute Gasteiger partial charge is 0.492 e. The van der Waals surface area contributed by atoms with Crippen molar-refractivity contribution in [1.82, 2.24) is 9.78 Å². The van der Waals surface area contributed by atoms with E-state index in [0.29, 0.717) is 13.0 Å². The molecule has 19 heavy (non-hydrogen) atoms. The molecule has 0 saturated heterocycles. The maximum Gasteiger partial charge on any atom is 0.341 e. The lowest BCUT2D eigenvalue weighted by molar-refractivity contribution is 0.0693. The normalized spacial score (nSPS) is 10.4. The summed E-state index contributed by atoms with van der Waals surface area (Å²) in [6, 6.07) is 6.70. The minimum atomic E-state index is -1.09. The van der Waals surface area contributed by atoms with Crippen LogP contribution in [0.15, 0.2) is 30.5 Å². The van der Waals surface area contributed by atoms with Crippen molar-refractivity contribution >= 4 is 11.7 Å². The van der Waals surface area contributed by atoms with Crippen LogP contribution in [0, 0.1) is 0 Å². The number of carbonyl (C=O) groups is 1. The van der Waals surface area contributed by atoms with Gasteiger partial charge in [-0.2, -0.15) is 5.10 Å². The third kappa shape index (κ3) is 2.85. The van der Waals surface area contributed by atoms with E-state index >= 15 is 0 Å². The van der Waals surface area contributed by atoms with Crippen LogP contribution in [-0.4, -0.2) is 27.5 Å². The zero-order valence-electron chi connectivity index (χ0n) is 10.5. The van der Waals surface area contributed by atoms with Crippen LogP contribution in [-0.2, 0) is 13.5 Å². The SMILES string of the molecule is Cn1nccc1CCOc1cccc(N)c1C(=O)O. The molecule has 1 aromatic carbocycles. The first-order chi connectivity index (χ1) is 9.09. The molecule has 0 aliphatic carbocycles. The summed E-state index contributed by atoms with van der Waals surface area (Å²) >= 11 is 0. The molecule has 0 spiro atoms. The summed E-state index contributed by atoms with van der Waals surface area (Å²) in [4.78, 5) is 11.1. The second-order valence-electron chi connectivity index (χ2n) is 4.07. The summed E-state index contributed by atoms with van der Waals surface area (Å²) in [6.45, 7) is 0.364. The van der Waals surface area contributed by atoms with Crippen molar-refractivity contribution in [1.29, 1.82) is 0 Å². The molecule has 0 atom stereocenters. The highest BCUT2D eigenvalue weighted by atomic mass is 16.5. The number of ether oxygens (including phenoxy) is 1. The molecular formula is C13H15N3O3. The van der Waals surface area contributed by atoms with Crippen LogP contribution >= 0.6 is 0 Å². The number of benzene rings is 1. The van der Waals surface area contributed by atoms with Crippen molar-refractivity contribution in [2.45, 2.75) is 6.42 Å². The number of aromatic nitrogens is 2. The number of nitrogens with two attached hydrogens (primary N) is 1. The van der Waals surface area contributed by atoms with E-state index in [9.17, 15) is 4.79 Å². The van der Waals surface area contributed by atoms with E-state index in [-0.39, 0.29) is 17.0 Å². The van der Waals surface area contributed by atoms with Gasteiger partial charge in [-0.1, -0.05) is 6.07 Å². The van der Waals surface area contributed by atoms with E-state index < -0.39 is 5.97 Å². The van der Waals surface area contributed by atoms with Gasteiger partial charge in [-0.25, -0.2) is 4.79 Å². The molecular weight excluding hydrogens is 246 g/mol. The first-order valence-corrected chi connectivity index (χ1v) is 5.81. The molecule has 6 heteroatoms. The molecule has 2 rings (SSSR count). The maximum atomic E-state index is 11.1. The Bertz CT molecular complexity index is 593. The average molecular weight is 261 g/mol. The topological polar surface area (TPSA) is 90.4 Å². The highest BCUT2D eigenvalue weighted by Gasteiger charge is 2.14. The molecule has 0 amide bonds. The standard InChI is InChI=1S/C13H15N3O3/c1-16-9(5-7-15-16)6-8-19-11-4-2-3-10(14)12(11)13(17)18/h2-5,7H,6,8,14H2,1H3,(H,17,18). The second-order valence-corrected chi connectivity index (χ2v) is 4.07. The Kier molecular flexibility index (Phi) is 3.70. The molecule has 0 fully saturated rings. The van der Waals surface area contributed by atoms with Crippen molar-refractivity contribution in [3.63, 3.8) is 0 Å². The first kappa shape index (κ1) is 12.9. The van der Waals surface area contributed by atoms with Crippen LogP contribution in [0.3, 0.4) is 0 Å². The zero-order chi connectivity index (χ0) is 13.8. The Labute approximate surface area is 110 Å². The van der Waals surface area contributed by atoms with Crippen LogP contribution in [0.2, 0.25) is 0 Å². The summed E-state index contributed by atoms with van der Waals surface area (Å²) in [5, 5.41) is 13.1. The third-order valence-electron chi connectivity index (χ3n) is 2.81. The number of hydrogen-bond donors (Lipinski definition) is 2. The Morgan fingerprint density at radius 2 is 2.26 bits per heavy atom. The Hall–Kier alpha value is -2.50. The van der Waals surface area contributed by atoms with Gasteiger partial charge in [0.25, 0.3) is 0 Å². The number of hydrogen-bond acceptors (Lipinski definition) is 4. The van der Waals surface area contributed by atoms with Crippen LogP contribution in [0.5, 0.6) is 5.75 Å².